The Hall–Kier alpha value is -3.15. The van der Waals surface area contributed by atoms with E-state index in [0.29, 0.717) is 22.5 Å². The highest BCUT2D eigenvalue weighted by Gasteiger charge is 2.14. The molecule has 0 aromatic heterocycles. The molecule has 0 aliphatic heterocycles. The number of benzene rings is 2. The van der Waals surface area contributed by atoms with Gasteiger partial charge in [-0.15, -0.1) is 0 Å². The molecule has 3 amide bonds. The van der Waals surface area contributed by atoms with Gasteiger partial charge in [-0.1, -0.05) is 13.8 Å². The Morgan fingerprint density at radius 3 is 1.73 bits per heavy atom. The van der Waals surface area contributed by atoms with E-state index in [1.807, 2.05) is 13.8 Å². The summed E-state index contributed by atoms with van der Waals surface area (Å²) in [6.07, 6.45) is 1.58. The Morgan fingerprint density at radius 2 is 1.27 bits per heavy atom. The molecule has 0 atom stereocenters. The average molecular weight is 353 g/mol. The normalized spacial score (nSPS) is 10.4. The number of carbonyl (C=O) groups is 3. The molecule has 2 aromatic carbocycles. The van der Waals surface area contributed by atoms with E-state index in [1.165, 1.54) is 0 Å². The van der Waals surface area contributed by atoms with Gasteiger partial charge in [-0.05, 0) is 61.4 Å². The zero-order valence-corrected chi connectivity index (χ0v) is 14.9. The molecule has 0 saturated carbocycles. The summed E-state index contributed by atoms with van der Waals surface area (Å²) in [6, 6.07) is 13.0. The lowest BCUT2D eigenvalue weighted by atomic mass is 10.0. The fraction of sp³-hybridized carbons (Fsp3) is 0.250. The van der Waals surface area contributed by atoms with Crippen molar-refractivity contribution in [3.8, 4) is 0 Å². The summed E-state index contributed by atoms with van der Waals surface area (Å²) in [5.41, 5.74) is 7.24. The van der Waals surface area contributed by atoms with Gasteiger partial charge < -0.3 is 16.4 Å². The molecule has 6 heteroatoms. The van der Waals surface area contributed by atoms with Crippen LogP contribution in [-0.2, 0) is 4.79 Å². The summed E-state index contributed by atoms with van der Waals surface area (Å²) in [5, 5.41) is 5.60. The van der Waals surface area contributed by atoms with Crippen LogP contribution in [0.3, 0.4) is 0 Å². The Balaban J connectivity index is 1.99. The van der Waals surface area contributed by atoms with Gasteiger partial charge in [-0.3, -0.25) is 14.4 Å². The minimum Gasteiger partial charge on any atom is -0.366 e. The SMILES string of the molecule is CCC(CC)C(=O)Nc1ccc(C(=O)Nc2ccc(C(N)=O)cc2)cc1. The molecule has 0 radical (unpaired) electrons. The maximum atomic E-state index is 12.3. The van der Waals surface area contributed by atoms with Gasteiger partial charge in [0, 0.05) is 28.4 Å². The van der Waals surface area contributed by atoms with Crippen molar-refractivity contribution < 1.29 is 14.4 Å². The van der Waals surface area contributed by atoms with Gasteiger partial charge in [0.2, 0.25) is 11.8 Å². The number of hydrogen-bond donors (Lipinski definition) is 3. The van der Waals surface area contributed by atoms with Crippen LogP contribution < -0.4 is 16.4 Å². The van der Waals surface area contributed by atoms with Crippen molar-refractivity contribution >= 4 is 29.1 Å². The topological polar surface area (TPSA) is 101 Å². The van der Waals surface area contributed by atoms with Crippen LogP contribution in [0, 0.1) is 5.92 Å². The van der Waals surface area contributed by atoms with Gasteiger partial charge >= 0.3 is 0 Å². The van der Waals surface area contributed by atoms with E-state index in [4.69, 9.17) is 5.73 Å². The molecule has 0 fully saturated rings. The highest BCUT2D eigenvalue weighted by atomic mass is 16.2. The van der Waals surface area contributed by atoms with E-state index in [0.717, 1.165) is 12.8 Å². The van der Waals surface area contributed by atoms with Crippen molar-refractivity contribution in [2.45, 2.75) is 26.7 Å². The van der Waals surface area contributed by atoms with Gasteiger partial charge in [0.25, 0.3) is 5.91 Å². The lowest BCUT2D eigenvalue weighted by molar-refractivity contribution is -0.120. The van der Waals surface area contributed by atoms with Crippen molar-refractivity contribution in [1.29, 1.82) is 0 Å². The van der Waals surface area contributed by atoms with Crippen molar-refractivity contribution in [3.63, 3.8) is 0 Å². The number of amides is 3. The van der Waals surface area contributed by atoms with Crippen molar-refractivity contribution in [1.82, 2.24) is 0 Å². The van der Waals surface area contributed by atoms with E-state index in [2.05, 4.69) is 10.6 Å². The van der Waals surface area contributed by atoms with Gasteiger partial charge in [0.15, 0.2) is 0 Å². The van der Waals surface area contributed by atoms with Crippen molar-refractivity contribution in [2.75, 3.05) is 10.6 Å². The summed E-state index contributed by atoms with van der Waals surface area (Å²) in [7, 11) is 0. The Morgan fingerprint density at radius 1 is 0.808 bits per heavy atom. The number of nitrogens with one attached hydrogen (secondary N) is 2. The van der Waals surface area contributed by atoms with Crippen LogP contribution in [0.25, 0.3) is 0 Å². The fourth-order valence-electron chi connectivity index (χ4n) is 2.53. The van der Waals surface area contributed by atoms with Crippen LogP contribution in [0.15, 0.2) is 48.5 Å². The first-order valence-electron chi connectivity index (χ1n) is 8.56. The largest absolute Gasteiger partial charge is 0.366 e. The minimum atomic E-state index is -0.520. The number of nitrogens with two attached hydrogens (primary N) is 1. The lowest BCUT2D eigenvalue weighted by Gasteiger charge is -2.13. The first kappa shape index (κ1) is 19.2. The van der Waals surface area contributed by atoms with Crippen LogP contribution in [0.5, 0.6) is 0 Å². The van der Waals surface area contributed by atoms with Crippen LogP contribution in [0.2, 0.25) is 0 Å². The van der Waals surface area contributed by atoms with Crippen LogP contribution >= 0.6 is 0 Å². The number of rotatable bonds is 7. The monoisotopic (exact) mass is 353 g/mol. The lowest BCUT2D eigenvalue weighted by Crippen LogP contribution is -2.21. The van der Waals surface area contributed by atoms with Gasteiger partial charge in [-0.2, -0.15) is 0 Å². The standard InChI is InChI=1S/C20H23N3O3/c1-3-13(4-2)19(25)22-17-11-7-15(8-12-17)20(26)23-16-9-5-14(6-10-16)18(21)24/h5-13H,3-4H2,1-2H3,(H2,21,24)(H,22,25)(H,23,26). The third-order valence-corrected chi connectivity index (χ3v) is 4.20. The zero-order valence-electron chi connectivity index (χ0n) is 14.9. The number of primary amides is 1. The Labute approximate surface area is 152 Å². The molecule has 0 saturated heterocycles. The molecule has 26 heavy (non-hydrogen) atoms. The summed E-state index contributed by atoms with van der Waals surface area (Å²) in [5.74, 6) is -0.827. The van der Waals surface area contributed by atoms with Gasteiger partial charge in [0.05, 0.1) is 0 Å². The Kier molecular flexibility index (Phi) is 6.49. The summed E-state index contributed by atoms with van der Waals surface area (Å²) in [6.45, 7) is 3.97. The van der Waals surface area contributed by atoms with Crippen molar-refractivity contribution in [2.24, 2.45) is 11.7 Å². The third kappa shape index (κ3) is 4.92. The second-order valence-corrected chi connectivity index (χ2v) is 5.98. The smallest absolute Gasteiger partial charge is 0.255 e. The maximum Gasteiger partial charge on any atom is 0.255 e. The maximum absolute atomic E-state index is 12.3. The number of carbonyl (C=O) groups excluding carboxylic acids is 3. The summed E-state index contributed by atoms with van der Waals surface area (Å²) >= 11 is 0. The molecular formula is C20H23N3O3. The predicted molar refractivity (Wildman–Crippen MR) is 102 cm³/mol. The van der Waals surface area contributed by atoms with Crippen molar-refractivity contribution in [3.05, 3.63) is 59.7 Å². The fourth-order valence-corrected chi connectivity index (χ4v) is 2.53. The number of hydrogen-bond acceptors (Lipinski definition) is 3. The third-order valence-electron chi connectivity index (χ3n) is 4.20. The zero-order chi connectivity index (χ0) is 19.1. The van der Waals surface area contributed by atoms with E-state index < -0.39 is 5.91 Å². The van der Waals surface area contributed by atoms with E-state index in [-0.39, 0.29) is 17.7 Å². The molecule has 0 spiro atoms. The highest BCUT2D eigenvalue weighted by Crippen LogP contribution is 2.16. The molecule has 0 aliphatic rings. The molecule has 6 nitrogen and oxygen atoms in total. The minimum absolute atomic E-state index is 0.0123. The molecule has 0 heterocycles. The second kappa shape index (κ2) is 8.80. The van der Waals surface area contributed by atoms with Gasteiger partial charge in [0.1, 0.15) is 0 Å². The molecule has 0 unspecified atom stereocenters. The molecular weight excluding hydrogens is 330 g/mol. The van der Waals surface area contributed by atoms with E-state index >= 15 is 0 Å². The van der Waals surface area contributed by atoms with Crippen LogP contribution in [-0.4, -0.2) is 17.7 Å². The second-order valence-electron chi connectivity index (χ2n) is 5.98. The van der Waals surface area contributed by atoms with Gasteiger partial charge in [-0.25, -0.2) is 0 Å². The highest BCUT2D eigenvalue weighted by molar-refractivity contribution is 6.05. The first-order valence-corrected chi connectivity index (χ1v) is 8.56. The van der Waals surface area contributed by atoms with E-state index in [9.17, 15) is 14.4 Å². The molecule has 2 aromatic rings. The summed E-state index contributed by atoms with van der Waals surface area (Å²) < 4.78 is 0. The number of anilines is 2. The summed E-state index contributed by atoms with van der Waals surface area (Å²) in [4.78, 5) is 35.4. The molecule has 0 aliphatic carbocycles. The average Bonchev–Trinajstić information content (AvgIpc) is 2.63. The molecule has 0 bridgehead atoms. The molecule has 2 rings (SSSR count). The molecule has 4 N–H and O–H groups in total. The van der Waals surface area contributed by atoms with E-state index in [1.54, 1.807) is 48.5 Å². The quantitative estimate of drug-likeness (QED) is 0.711. The van der Waals surface area contributed by atoms with Crippen LogP contribution in [0.1, 0.15) is 47.4 Å². The Bertz CT molecular complexity index is 779. The first-order chi connectivity index (χ1) is 12.4. The predicted octanol–water partition coefficient (Wildman–Crippen LogP) is 3.41. The van der Waals surface area contributed by atoms with Crippen LogP contribution in [0.4, 0.5) is 11.4 Å². The molecule has 136 valence electrons.